The van der Waals surface area contributed by atoms with Gasteiger partial charge in [-0.25, -0.2) is 13.4 Å². The van der Waals surface area contributed by atoms with Crippen molar-refractivity contribution < 1.29 is 13.2 Å². The van der Waals surface area contributed by atoms with Gasteiger partial charge in [0, 0.05) is 6.04 Å². The van der Waals surface area contributed by atoms with Crippen molar-refractivity contribution in [1.29, 1.82) is 0 Å². The number of aldehydes is 1. The van der Waals surface area contributed by atoms with E-state index in [1.807, 2.05) is 0 Å². The molecule has 1 aliphatic rings. The Morgan fingerprint density at radius 2 is 2.07 bits per heavy atom. The minimum Gasteiger partial charge on any atom is -0.325 e. The lowest BCUT2D eigenvalue weighted by Gasteiger charge is -2.23. The molecule has 82 valence electrons. The topological polar surface area (TPSA) is 69.0 Å². The highest BCUT2D eigenvalue weighted by Gasteiger charge is 2.25. The van der Waals surface area contributed by atoms with E-state index in [2.05, 4.69) is 4.98 Å². The van der Waals surface area contributed by atoms with Crippen molar-refractivity contribution in [2.75, 3.05) is 11.5 Å². The van der Waals surface area contributed by atoms with Crippen molar-refractivity contribution in [3.63, 3.8) is 0 Å². The van der Waals surface area contributed by atoms with Crippen LogP contribution < -0.4 is 0 Å². The number of imidazole rings is 1. The second-order valence-corrected chi connectivity index (χ2v) is 6.03. The number of carbonyl (C=O) groups is 1. The van der Waals surface area contributed by atoms with Crippen molar-refractivity contribution >= 4 is 16.1 Å². The first-order chi connectivity index (χ1) is 7.12. The van der Waals surface area contributed by atoms with Crippen LogP contribution in [0.15, 0.2) is 12.5 Å². The Labute approximate surface area is 88.0 Å². The SMILES string of the molecule is O=Cc1cncn1C1CCS(=O)(=O)CC1. The average molecular weight is 228 g/mol. The van der Waals surface area contributed by atoms with Crippen LogP contribution in [0, 0.1) is 0 Å². The molecule has 5 nitrogen and oxygen atoms in total. The summed E-state index contributed by atoms with van der Waals surface area (Å²) in [4.78, 5) is 14.6. The van der Waals surface area contributed by atoms with Gasteiger partial charge in [-0.3, -0.25) is 4.79 Å². The molecule has 0 aliphatic carbocycles. The van der Waals surface area contributed by atoms with Gasteiger partial charge in [0.2, 0.25) is 0 Å². The lowest BCUT2D eigenvalue weighted by molar-refractivity contribution is 0.111. The van der Waals surface area contributed by atoms with Crippen molar-refractivity contribution in [3.05, 3.63) is 18.2 Å². The highest BCUT2D eigenvalue weighted by molar-refractivity contribution is 7.91. The summed E-state index contributed by atoms with van der Waals surface area (Å²) in [6.07, 6.45) is 4.97. The van der Waals surface area contributed by atoms with Crippen molar-refractivity contribution in [1.82, 2.24) is 9.55 Å². The second-order valence-electron chi connectivity index (χ2n) is 3.73. The molecule has 0 spiro atoms. The molecule has 1 saturated heterocycles. The van der Waals surface area contributed by atoms with E-state index < -0.39 is 9.84 Å². The maximum atomic E-state index is 11.2. The summed E-state index contributed by atoms with van der Waals surface area (Å²) in [5, 5.41) is 0. The normalized spacial score (nSPS) is 21.3. The molecule has 6 heteroatoms. The molecule has 0 bridgehead atoms. The van der Waals surface area contributed by atoms with Crippen LogP contribution in [0.4, 0.5) is 0 Å². The third kappa shape index (κ3) is 2.09. The van der Waals surface area contributed by atoms with Crippen LogP contribution in [-0.4, -0.2) is 35.8 Å². The molecule has 0 aromatic carbocycles. The summed E-state index contributed by atoms with van der Waals surface area (Å²) in [5.41, 5.74) is 0.513. The van der Waals surface area contributed by atoms with Gasteiger partial charge in [-0.05, 0) is 12.8 Å². The second kappa shape index (κ2) is 3.77. The highest BCUT2D eigenvalue weighted by Crippen LogP contribution is 2.24. The molecule has 0 N–H and O–H groups in total. The summed E-state index contributed by atoms with van der Waals surface area (Å²) < 4.78 is 24.2. The van der Waals surface area contributed by atoms with Gasteiger partial charge in [0.1, 0.15) is 15.5 Å². The molecule has 0 saturated carbocycles. The standard InChI is InChI=1S/C9H12N2O3S/c12-6-9-5-10-7-11(9)8-1-3-15(13,14)4-2-8/h5-8H,1-4H2. The molecule has 2 rings (SSSR count). The molecular weight excluding hydrogens is 216 g/mol. The predicted molar refractivity (Wildman–Crippen MR) is 54.5 cm³/mol. The maximum absolute atomic E-state index is 11.2. The molecule has 1 fully saturated rings. The molecule has 1 aliphatic heterocycles. The molecule has 1 aromatic rings. The van der Waals surface area contributed by atoms with E-state index in [0.29, 0.717) is 18.5 Å². The maximum Gasteiger partial charge on any atom is 0.168 e. The van der Waals surface area contributed by atoms with Gasteiger partial charge in [-0.1, -0.05) is 0 Å². The van der Waals surface area contributed by atoms with Crippen molar-refractivity contribution in [2.24, 2.45) is 0 Å². The Kier molecular flexibility index (Phi) is 2.60. The first-order valence-corrected chi connectivity index (χ1v) is 6.62. The zero-order valence-electron chi connectivity index (χ0n) is 8.17. The summed E-state index contributed by atoms with van der Waals surface area (Å²) >= 11 is 0. The van der Waals surface area contributed by atoms with E-state index in [1.54, 1.807) is 10.9 Å². The van der Waals surface area contributed by atoms with Crippen LogP contribution in [0.25, 0.3) is 0 Å². The summed E-state index contributed by atoms with van der Waals surface area (Å²) in [6.45, 7) is 0. The van der Waals surface area contributed by atoms with E-state index in [0.717, 1.165) is 6.29 Å². The van der Waals surface area contributed by atoms with Crippen LogP contribution >= 0.6 is 0 Å². The van der Waals surface area contributed by atoms with E-state index in [-0.39, 0.29) is 17.5 Å². The Balaban J connectivity index is 2.17. The number of nitrogens with zero attached hydrogens (tertiary/aromatic N) is 2. The van der Waals surface area contributed by atoms with Gasteiger partial charge in [-0.2, -0.15) is 0 Å². The zero-order valence-corrected chi connectivity index (χ0v) is 8.98. The van der Waals surface area contributed by atoms with Crippen LogP contribution in [0.3, 0.4) is 0 Å². The van der Waals surface area contributed by atoms with Gasteiger partial charge < -0.3 is 4.57 Å². The molecule has 15 heavy (non-hydrogen) atoms. The number of hydrogen-bond donors (Lipinski definition) is 0. The lowest BCUT2D eigenvalue weighted by Crippen LogP contribution is -2.26. The van der Waals surface area contributed by atoms with Gasteiger partial charge in [0.15, 0.2) is 6.29 Å². The highest BCUT2D eigenvalue weighted by atomic mass is 32.2. The van der Waals surface area contributed by atoms with Crippen LogP contribution in [0.5, 0.6) is 0 Å². The number of sulfone groups is 1. The van der Waals surface area contributed by atoms with Crippen molar-refractivity contribution in [2.45, 2.75) is 18.9 Å². The molecule has 0 atom stereocenters. The van der Waals surface area contributed by atoms with E-state index in [4.69, 9.17) is 0 Å². The largest absolute Gasteiger partial charge is 0.325 e. The summed E-state index contributed by atoms with van der Waals surface area (Å²) in [7, 11) is -2.85. The minimum absolute atomic E-state index is 0.0937. The molecule has 2 heterocycles. The summed E-state index contributed by atoms with van der Waals surface area (Å²) in [5.74, 6) is 0.405. The fourth-order valence-corrected chi connectivity index (χ4v) is 3.33. The van der Waals surface area contributed by atoms with E-state index in [1.165, 1.54) is 6.20 Å². The number of carbonyl (C=O) groups excluding carboxylic acids is 1. The monoisotopic (exact) mass is 228 g/mol. The lowest BCUT2D eigenvalue weighted by atomic mass is 10.1. The number of hydrogen-bond acceptors (Lipinski definition) is 4. The quantitative estimate of drug-likeness (QED) is 0.689. The first-order valence-electron chi connectivity index (χ1n) is 4.80. The van der Waals surface area contributed by atoms with Gasteiger partial charge in [-0.15, -0.1) is 0 Å². The zero-order chi connectivity index (χ0) is 10.9. The van der Waals surface area contributed by atoms with E-state index >= 15 is 0 Å². The van der Waals surface area contributed by atoms with Gasteiger partial charge >= 0.3 is 0 Å². The minimum atomic E-state index is -2.85. The predicted octanol–water partition coefficient (Wildman–Crippen LogP) is 0.445. The van der Waals surface area contributed by atoms with Gasteiger partial charge in [0.25, 0.3) is 0 Å². The molecule has 0 amide bonds. The number of aromatic nitrogens is 2. The smallest absolute Gasteiger partial charge is 0.168 e. The Morgan fingerprint density at radius 1 is 1.40 bits per heavy atom. The molecule has 1 aromatic heterocycles. The summed E-state index contributed by atoms with van der Waals surface area (Å²) in [6, 6.07) is 0.0937. The Bertz CT molecular complexity index is 449. The van der Waals surface area contributed by atoms with Gasteiger partial charge in [0.05, 0.1) is 24.0 Å². The number of rotatable bonds is 2. The average Bonchev–Trinajstić information content (AvgIpc) is 2.65. The Morgan fingerprint density at radius 3 is 2.67 bits per heavy atom. The molecule has 0 radical (unpaired) electrons. The third-order valence-electron chi connectivity index (χ3n) is 2.73. The van der Waals surface area contributed by atoms with E-state index in [9.17, 15) is 13.2 Å². The molecular formula is C9H12N2O3S. The van der Waals surface area contributed by atoms with Crippen LogP contribution in [-0.2, 0) is 9.84 Å². The van der Waals surface area contributed by atoms with Crippen LogP contribution in [0.1, 0.15) is 29.4 Å². The fraction of sp³-hybridized carbons (Fsp3) is 0.556. The fourth-order valence-electron chi connectivity index (χ4n) is 1.87. The first kappa shape index (κ1) is 10.4. The third-order valence-corrected chi connectivity index (χ3v) is 4.45. The molecule has 0 unspecified atom stereocenters. The van der Waals surface area contributed by atoms with Crippen LogP contribution in [0.2, 0.25) is 0 Å². The Hall–Kier alpha value is -1.17. The van der Waals surface area contributed by atoms with Crippen molar-refractivity contribution in [3.8, 4) is 0 Å².